The van der Waals surface area contributed by atoms with Crippen molar-refractivity contribution in [2.45, 2.75) is 13.3 Å². The molecule has 1 aliphatic heterocycles. The van der Waals surface area contributed by atoms with Gasteiger partial charge in [-0.1, -0.05) is 6.92 Å². The molecule has 1 heterocycles. The normalized spacial score (nSPS) is 19.4. The summed E-state index contributed by atoms with van der Waals surface area (Å²) in [7, 11) is 0. The molecular formula is C11H23N3O2. The molecule has 1 aliphatic rings. The summed E-state index contributed by atoms with van der Waals surface area (Å²) < 4.78 is 5.25. The molecular weight excluding hydrogens is 206 g/mol. The Hall–Kier alpha value is -0.650. The molecule has 1 fully saturated rings. The molecule has 0 aromatic carbocycles. The molecule has 0 saturated carbocycles. The Morgan fingerprint density at radius 2 is 2.19 bits per heavy atom. The van der Waals surface area contributed by atoms with Crippen molar-refractivity contribution >= 4 is 5.91 Å². The van der Waals surface area contributed by atoms with Gasteiger partial charge in [-0.3, -0.25) is 9.69 Å². The minimum absolute atomic E-state index is 0.0229. The minimum Gasteiger partial charge on any atom is -0.379 e. The lowest BCUT2D eigenvalue weighted by Crippen LogP contribution is -2.42. The molecule has 3 N–H and O–H groups in total. The zero-order valence-corrected chi connectivity index (χ0v) is 10.1. The van der Waals surface area contributed by atoms with E-state index < -0.39 is 0 Å². The number of ether oxygens (including phenoxy) is 1. The van der Waals surface area contributed by atoms with Gasteiger partial charge >= 0.3 is 0 Å². The maximum absolute atomic E-state index is 11.6. The molecule has 0 bridgehead atoms. The number of hydrogen-bond donors (Lipinski definition) is 2. The number of carbonyl (C=O) groups excluding carboxylic acids is 1. The van der Waals surface area contributed by atoms with Crippen molar-refractivity contribution in [3.8, 4) is 0 Å². The van der Waals surface area contributed by atoms with E-state index in [0.29, 0.717) is 13.1 Å². The number of nitrogens with one attached hydrogen (secondary N) is 1. The molecule has 0 aromatic rings. The van der Waals surface area contributed by atoms with Crippen LogP contribution in [-0.4, -0.2) is 56.7 Å². The molecule has 1 atom stereocenters. The van der Waals surface area contributed by atoms with E-state index in [1.807, 2.05) is 6.92 Å². The number of nitrogens with zero attached hydrogens (tertiary/aromatic N) is 1. The summed E-state index contributed by atoms with van der Waals surface area (Å²) in [6.07, 6.45) is 0.753. The zero-order chi connectivity index (χ0) is 11.8. The van der Waals surface area contributed by atoms with Crippen LogP contribution in [0.25, 0.3) is 0 Å². The van der Waals surface area contributed by atoms with Gasteiger partial charge in [0.1, 0.15) is 0 Å². The van der Waals surface area contributed by atoms with Gasteiger partial charge in [-0.15, -0.1) is 0 Å². The fraction of sp³-hybridized carbons (Fsp3) is 0.909. The number of carbonyl (C=O) groups is 1. The summed E-state index contributed by atoms with van der Waals surface area (Å²) in [6.45, 7) is 7.64. The van der Waals surface area contributed by atoms with Crippen molar-refractivity contribution in [3.05, 3.63) is 0 Å². The molecule has 0 spiro atoms. The Morgan fingerprint density at radius 3 is 2.81 bits per heavy atom. The molecule has 0 radical (unpaired) electrons. The van der Waals surface area contributed by atoms with Gasteiger partial charge in [0.05, 0.1) is 13.2 Å². The number of amides is 1. The maximum atomic E-state index is 11.6. The first-order chi connectivity index (χ1) is 7.74. The van der Waals surface area contributed by atoms with Gasteiger partial charge < -0.3 is 15.8 Å². The maximum Gasteiger partial charge on any atom is 0.222 e. The summed E-state index contributed by atoms with van der Waals surface area (Å²) in [6, 6.07) is 0. The first-order valence-electron chi connectivity index (χ1n) is 6.02. The van der Waals surface area contributed by atoms with Crippen LogP contribution in [0.1, 0.15) is 13.3 Å². The molecule has 1 saturated heterocycles. The highest BCUT2D eigenvalue weighted by Gasteiger charge is 2.13. The molecule has 1 unspecified atom stereocenters. The van der Waals surface area contributed by atoms with Crippen LogP contribution in [0.3, 0.4) is 0 Å². The Labute approximate surface area is 97.3 Å². The molecule has 5 heteroatoms. The summed E-state index contributed by atoms with van der Waals surface area (Å²) in [5, 5.41) is 2.94. The van der Waals surface area contributed by atoms with Crippen molar-refractivity contribution in [1.29, 1.82) is 0 Å². The average Bonchev–Trinajstić information content (AvgIpc) is 2.30. The van der Waals surface area contributed by atoms with E-state index in [2.05, 4.69) is 10.2 Å². The lowest BCUT2D eigenvalue weighted by molar-refractivity contribution is -0.124. The Kier molecular flexibility index (Phi) is 6.37. The highest BCUT2D eigenvalue weighted by atomic mass is 16.5. The van der Waals surface area contributed by atoms with Gasteiger partial charge in [-0.25, -0.2) is 0 Å². The topological polar surface area (TPSA) is 67.6 Å². The second kappa shape index (κ2) is 7.60. The molecule has 94 valence electrons. The first kappa shape index (κ1) is 13.4. The fourth-order valence-electron chi connectivity index (χ4n) is 1.72. The van der Waals surface area contributed by atoms with Gasteiger partial charge in [0.2, 0.25) is 5.91 Å². The van der Waals surface area contributed by atoms with Crippen molar-refractivity contribution in [3.63, 3.8) is 0 Å². The van der Waals surface area contributed by atoms with Crippen LogP contribution in [0.2, 0.25) is 0 Å². The number of hydrogen-bond acceptors (Lipinski definition) is 4. The van der Waals surface area contributed by atoms with Crippen molar-refractivity contribution in [1.82, 2.24) is 10.2 Å². The number of nitrogens with two attached hydrogens (primary N) is 1. The SMILES string of the molecule is CC(CCN)C(=O)NCCN1CCOCC1. The van der Waals surface area contributed by atoms with Crippen molar-refractivity contribution in [2.24, 2.45) is 11.7 Å². The molecule has 5 nitrogen and oxygen atoms in total. The highest BCUT2D eigenvalue weighted by Crippen LogP contribution is 1.99. The first-order valence-corrected chi connectivity index (χ1v) is 6.02. The second-order valence-electron chi connectivity index (χ2n) is 4.22. The van der Waals surface area contributed by atoms with E-state index in [9.17, 15) is 4.79 Å². The Balaban J connectivity index is 2.07. The third-order valence-corrected chi connectivity index (χ3v) is 2.88. The van der Waals surface area contributed by atoms with E-state index in [4.69, 9.17) is 10.5 Å². The lowest BCUT2D eigenvalue weighted by atomic mass is 10.1. The summed E-state index contributed by atoms with van der Waals surface area (Å²) in [4.78, 5) is 13.9. The fourth-order valence-corrected chi connectivity index (χ4v) is 1.72. The van der Waals surface area contributed by atoms with Crippen molar-refractivity contribution in [2.75, 3.05) is 45.9 Å². The van der Waals surface area contributed by atoms with Crippen LogP contribution in [0.5, 0.6) is 0 Å². The van der Waals surface area contributed by atoms with Gasteiger partial charge in [0.25, 0.3) is 0 Å². The molecule has 16 heavy (non-hydrogen) atoms. The third kappa shape index (κ3) is 4.92. The molecule has 0 aromatic heterocycles. The Bertz CT molecular complexity index is 205. The summed E-state index contributed by atoms with van der Waals surface area (Å²) in [5.41, 5.74) is 5.41. The predicted octanol–water partition coefficient (Wildman–Crippen LogP) is -0.580. The van der Waals surface area contributed by atoms with Gasteiger partial charge in [-0.2, -0.15) is 0 Å². The number of morpholine rings is 1. The Morgan fingerprint density at radius 1 is 1.50 bits per heavy atom. The highest BCUT2D eigenvalue weighted by molar-refractivity contribution is 5.78. The van der Waals surface area contributed by atoms with Crippen LogP contribution in [-0.2, 0) is 9.53 Å². The van der Waals surface area contributed by atoms with E-state index >= 15 is 0 Å². The van der Waals surface area contributed by atoms with E-state index in [1.165, 1.54) is 0 Å². The van der Waals surface area contributed by atoms with Gasteiger partial charge in [-0.05, 0) is 13.0 Å². The standard InChI is InChI=1S/C11H23N3O2/c1-10(2-3-12)11(15)13-4-5-14-6-8-16-9-7-14/h10H,2-9,12H2,1H3,(H,13,15). The smallest absolute Gasteiger partial charge is 0.222 e. The van der Waals surface area contributed by atoms with E-state index in [-0.39, 0.29) is 11.8 Å². The van der Waals surface area contributed by atoms with Gasteiger partial charge in [0, 0.05) is 32.1 Å². The monoisotopic (exact) mass is 229 g/mol. The van der Waals surface area contributed by atoms with Crippen LogP contribution < -0.4 is 11.1 Å². The van der Waals surface area contributed by atoms with Crippen LogP contribution in [0.4, 0.5) is 0 Å². The largest absolute Gasteiger partial charge is 0.379 e. The molecule has 0 aliphatic carbocycles. The zero-order valence-electron chi connectivity index (χ0n) is 10.1. The average molecular weight is 229 g/mol. The van der Waals surface area contributed by atoms with E-state index in [0.717, 1.165) is 39.3 Å². The minimum atomic E-state index is 0.0229. The van der Waals surface area contributed by atoms with Crippen molar-refractivity contribution < 1.29 is 9.53 Å². The molecule has 1 rings (SSSR count). The lowest BCUT2D eigenvalue weighted by Gasteiger charge is -2.26. The van der Waals surface area contributed by atoms with Gasteiger partial charge in [0.15, 0.2) is 0 Å². The quantitative estimate of drug-likeness (QED) is 0.639. The second-order valence-corrected chi connectivity index (χ2v) is 4.22. The predicted molar refractivity (Wildman–Crippen MR) is 63.1 cm³/mol. The third-order valence-electron chi connectivity index (χ3n) is 2.88. The van der Waals surface area contributed by atoms with Crippen LogP contribution in [0, 0.1) is 5.92 Å². The summed E-state index contributed by atoms with van der Waals surface area (Å²) in [5.74, 6) is 0.133. The van der Waals surface area contributed by atoms with Crippen LogP contribution in [0.15, 0.2) is 0 Å². The summed E-state index contributed by atoms with van der Waals surface area (Å²) >= 11 is 0. The van der Waals surface area contributed by atoms with Crippen LogP contribution >= 0.6 is 0 Å². The number of rotatable bonds is 6. The molecule has 1 amide bonds. The van der Waals surface area contributed by atoms with E-state index in [1.54, 1.807) is 0 Å².